The molecule has 0 aliphatic rings. The minimum Gasteiger partial charge on any atom is -0.352 e. The molecule has 0 saturated carbocycles. The summed E-state index contributed by atoms with van der Waals surface area (Å²) in [5.41, 5.74) is 1.65. The van der Waals surface area contributed by atoms with Crippen LogP contribution in [0.4, 0.5) is 0 Å². The third-order valence-corrected chi connectivity index (χ3v) is 4.96. The third kappa shape index (κ3) is 6.25. The SMILES string of the molecule is CCC(C(=O)NC(C)C)N(Cc1ccccc1)C(=O)Cc1ccc(Cl)cc1Cl. The Balaban J connectivity index is 2.30. The van der Waals surface area contributed by atoms with E-state index in [4.69, 9.17) is 23.2 Å². The van der Waals surface area contributed by atoms with Crippen molar-refractivity contribution in [3.8, 4) is 0 Å². The normalized spacial score (nSPS) is 11.9. The van der Waals surface area contributed by atoms with Crippen molar-refractivity contribution in [1.29, 1.82) is 0 Å². The molecular weight excluding hydrogens is 395 g/mol. The van der Waals surface area contributed by atoms with Gasteiger partial charge in [0.05, 0.1) is 6.42 Å². The van der Waals surface area contributed by atoms with Crippen LogP contribution in [-0.2, 0) is 22.6 Å². The molecule has 0 heterocycles. The number of rotatable bonds is 8. The second kappa shape index (κ2) is 10.5. The van der Waals surface area contributed by atoms with Crippen LogP contribution in [0.3, 0.4) is 0 Å². The molecule has 4 nitrogen and oxygen atoms in total. The molecular formula is C22H26Cl2N2O2. The lowest BCUT2D eigenvalue weighted by atomic mass is 10.1. The molecule has 2 rings (SSSR count). The molecule has 0 spiro atoms. The van der Waals surface area contributed by atoms with Gasteiger partial charge in [-0.05, 0) is 43.5 Å². The number of nitrogens with zero attached hydrogens (tertiary/aromatic N) is 1. The first-order valence-electron chi connectivity index (χ1n) is 9.39. The van der Waals surface area contributed by atoms with Gasteiger partial charge in [-0.1, -0.05) is 66.5 Å². The average molecular weight is 421 g/mol. The van der Waals surface area contributed by atoms with Gasteiger partial charge in [-0.2, -0.15) is 0 Å². The number of carbonyl (C=O) groups excluding carboxylic acids is 2. The highest BCUT2D eigenvalue weighted by molar-refractivity contribution is 6.35. The molecule has 1 N–H and O–H groups in total. The smallest absolute Gasteiger partial charge is 0.243 e. The number of hydrogen-bond acceptors (Lipinski definition) is 2. The maximum atomic E-state index is 13.2. The Hall–Kier alpha value is -2.04. The Labute approximate surface area is 176 Å². The lowest BCUT2D eigenvalue weighted by Gasteiger charge is -2.31. The average Bonchev–Trinajstić information content (AvgIpc) is 2.64. The van der Waals surface area contributed by atoms with E-state index in [9.17, 15) is 9.59 Å². The zero-order valence-electron chi connectivity index (χ0n) is 16.4. The zero-order chi connectivity index (χ0) is 20.7. The van der Waals surface area contributed by atoms with Gasteiger partial charge in [-0.25, -0.2) is 0 Å². The topological polar surface area (TPSA) is 49.4 Å². The molecule has 0 bridgehead atoms. The van der Waals surface area contributed by atoms with Crippen molar-refractivity contribution in [3.63, 3.8) is 0 Å². The summed E-state index contributed by atoms with van der Waals surface area (Å²) >= 11 is 12.2. The van der Waals surface area contributed by atoms with Gasteiger partial charge in [0, 0.05) is 22.6 Å². The highest BCUT2D eigenvalue weighted by Crippen LogP contribution is 2.23. The van der Waals surface area contributed by atoms with Crippen LogP contribution in [-0.4, -0.2) is 28.8 Å². The number of amides is 2. The zero-order valence-corrected chi connectivity index (χ0v) is 17.9. The standard InChI is InChI=1S/C22H26Cl2N2O2/c1-4-20(22(28)25-15(2)3)26(14-16-8-6-5-7-9-16)21(27)12-17-10-11-18(23)13-19(17)24/h5-11,13,15,20H,4,12,14H2,1-3H3,(H,25,28). The largest absolute Gasteiger partial charge is 0.352 e. The van der Waals surface area contributed by atoms with Gasteiger partial charge in [0.25, 0.3) is 0 Å². The predicted octanol–water partition coefficient (Wildman–Crippen LogP) is 4.87. The highest BCUT2D eigenvalue weighted by Gasteiger charge is 2.29. The Morgan fingerprint density at radius 2 is 1.75 bits per heavy atom. The number of hydrogen-bond donors (Lipinski definition) is 1. The monoisotopic (exact) mass is 420 g/mol. The summed E-state index contributed by atoms with van der Waals surface area (Å²) in [5.74, 6) is -0.303. The Kier molecular flexibility index (Phi) is 8.34. The van der Waals surface area contributed by atoms with Gasteiger partial charge in [0.1, 0.15) is 6.04 Å². The molecule has 0 radical (unpaired) electrons. The van der Waals surface area contributed by atoms with Gasteiger partial charge in [-0.15, -0.1) is 0 Å². The van der Waals surface area contributed by atoms with Gasteiger partial charge in [0.2, 0.25) is 11.8 Å². The minimum absolute atomic E-state index is 0.000868. The molecule has 0 saturated heterocycles. The molecule has 0 aliphatic heterocycles. The third-order valence-electron chi connectivity index (χ3n) is 4.37. The fourth-order valence-electron chi connectivity index (χ4n) is 3.01. The van der Waals surface area contributed by atoms with Crippen molar-refractivity contribution in [2.45, 2.75) is 52.2 Å². The quantitative estimate of drug-likeness (QED) is 0.661. The fraction of sp³-hybridized carbons (Fsp3) is 0.364. The molecule has 2 aromatic rings. The molecule has 2 aromatic carbocycles. The first-order valence-corrected chi connectivity index (χ1v) is 10.1. The molecule has 6 heteroatoms. The Bertz CT molecular complexity index is 809. The Morgan fingerprint density at radius 1 is 1.07 bits per heavy atom. The molecule has 28 heavy (non-hydrogen) atoms. The summed E-state index contributed by atoms with van der Waals surface area (Å²) in [7, 11) is 0. The summed E-state index contributed by atoms with van der Waals surface area (Å²) in [6.07, 6.45) is 0.625. The number of nitrogens with one attached hydrogen (secondary N) is 1. The molecule has 2 amide bonds. The van der Waals surface area contributed by atoms with Crippen molar-refractivity contribution in [2.24, 2.45) is 0 Å². The molecule has 150 valence electrons. The molecule has 0 aliphatic carbocycles. The van der Waals surface area contributed by atoms with Crippen molar-refractivity contribution < 1.29 is 9.59 Å². The van der Waals surface area contributed by atoms with Crippen LogP contribution in [0.15, 0.2) is 48.5 Å². The van der Waals surface area contributed by atoms with E-state index in [0.29, 0.717) is 28.6 Å². The van der Waals surface area contributed by atoms with E-state index in [1.165, 1.54) is 0 Å². The Morgan fingerprint density at radius 3 is 2.32 bits per heavy atom. The predicted molar refractivity (Wildman–Crippen MR) is 115 cm³/mol. The van der Waals surface area contributed by atoms with Crippen LogP contribution < -0.4 is 5.32 Å². The van der Waals surface area contributed by atoms with Gasteiger partial charge in [0.15, 0.2) is 0 Å². The van der Waals surface area contributed by atoms with Crippen LogP contribution in [0, 0.1) is 0 Å². The summed E-state index contributed by atoms with van der Waals surface area (Å²) in [5, 5.41) is 3.88. The van der Waals surface area contributed by atoms with Gasteiger partial charge >= 0.3 is 0 Å². The van der Waals surface area contributed by atoms with Gasteiger partial charge < -0.3 is 10.2 Å². The maximum absolute atomic E-state index is 13.2. The molecule has 0 aromatic heterocycles. The minimum atomic E-state index is -0.554. The van der Waals surface area contributed by atoms with Gasteiger partial charge in [-0.3, -0.25) is 9.59 Å². The van der Waals surface area contributed by atoms with E-state index in [0.717, 1.165) is 5.56 Å². The van der Waals surface area contributed by atoms with E-state index in [1.54, 1.807) is 23.1 Å². The van der Waals surface area contributed by atoms with Crippen LogP contribution >= 0.6 is 23.2 Å². The number of carbonyl (C=O) groups is 2. The first kappa shape index (κ1) is 22.3. The van der Waals surface area contributed by atoms with Crippen LogP contribution in [0.2, 0.25) is 10.0 Å². The van der Waals surface area contributed by atoms with Crippen molar-refractivity contribution in [3.05, 3.63) is 69.7 Å². The van der Waals surface area contributed by atoms with Crippen LogP contribution in [0.5, 0.6) is 0 Å². The lowest BCUT2D eigenvalue weighted by molar-refractivity contribution is -0.141. The summed E-state index contributed by atoms with van der Waals surface area (Å²) in [6.45, 7) is 6.07. The van der Waals surface area contributed by atoms with Crippen molar-refractivity contribution >= 4 is 35.0 Å². The van der Waals surface area contributed by atoms with Crippen molar-refractivity contribution in [1.82, 2.24) is 10.2 Å². The number of benzene rings is 2. The van der Waals surface area contributed by atoms with E-state index in [1.807, 2.05) is 51.1 Å². The van der Waals surface area contributed by atoms with Crippen molar-refractivity contribution in [2.75, 3.05) is 0 Å². The summed E-state index contributed by atoms with van der Waals surface area (Å²) in [4.78, 5) is 27.6. The second-order valence-electron chi connectivity index (χ2n) is 7.01. The van der Waals surface area contributed by atoms with E-state index in [2.05, 4.69) is 5.32 Å². The maximum Gasteiger partial charge on any atom is 0.243 e. The number of halogens is 2. The van der Waals surface area contributed by atoms with E-state index >= 15 is 0 Å². The van der Waals surface area contributed by atoms with E-state index in [-0.39, 0.29) is 24.3 Å². The van der Waals surface area contributed by atoms with Crippen LogP contribution in [0.1, 0.15) is 38.3 Å². The fourth-order valence-corrected chi connectivity index (χ4v) is 3.49. The summed E-state index contributed by atoms with van der Waals surface area (Å²) < 4.78 is 0. The lowest BCUT2D eigenvalue weighted by Crippen LogP contribution is -2.50. The molecule has 0 fully saturated rings. The summed E-state index contributed by atoms with van der Waals surface area (Å²) in [6, 6.07) is 14.2. The second-order valence-corrected chi connectivity index (χ2v) is 7.85. The van der Waals surface area contributed by atoms with Crippen LogP contribution in [0.25, 0.3) is 0 Å². The first-order chi connectivity index (χ1) is 13.3. The molecule has 1 atom stereocenters. The van der Waals surface area contributed by atoms with E-state index < -0.39 is 6.04 Å². The highest BCUT2D eigenvalue weighted by atomic mass is 35.5. The molecule has 1 unspecified atom stereocenters.